The number of hydrogen-bond donors (Lipinski definition) is 1. The molecule has 3 nitrogen and oxygen atoms in total. The topological polar surface area (TPSA) is 48.1 Å². The number of halogens is 1. The SMILES string of the molecule is Cc1nc(OC[C@@H](C)F)ccc1CN. The van der Waals surface area contributed by atoms with Gasteiger partial charge in [0.1, 0.15) is 12.8 Å². The van der Waals surface area contributed by atoms with Crippen LogP contribution in [0.4, 0.5) is 4.39 Å². The van der Waals surface area contributed by atoms with Gasteiger partial charge in [-0.15, -0.1) is 0 Å². The predicted octanol–water partition coefficient (Wildman–Crippen LogP) is 1.59. The van der Waals surface area contributed by atoms with E-state index in [4.69, 9.17) is 10.5 Å². The zero-order valence-electron chi connectivity index (χ0n) is 8.46. The fraction of sp³-hybridized carbons (Fsp3) is 0.500. The third-order valence-corrected chi connectivity index (χ3v) is 1.85. The molecule has 0 fully saturated rings. The van der Waals surface area contributed by atoms with E-state index in [0.717, 1.165) is 11.3 Å². The van der Waals surface area contributed by atoms with E-state index in [1.165, 1.54) is 6.92 Å². The fourth-order valence-electron chi connectivity index (χ4n) is 1.06. The minimum Gasteiger partial charge on any atom is -0.475 e. The van der Waals surface area contributed by atoms with Crippen LogP contribution in [0, 0.1) is 6.92 Å². The Morgan fingerprint density at radius 3 is 2.79 bits per heavy atom. The Hall–Kier alpha value is -1.16. The van der Waals surface area contributed by atoms with E-state index in [1.807, 2.05) is 13.0 Å². The average Bonchev–Trinajstić information content (AvgIpc) is 2.15. The van der Waals surface area contributed by atoms with Gasteiger partial charge in [-0.2, -0.15) is 0 Å². The van der Waals surface area contributed by atoms with Crippen LogP contribution in [0.3, 0.4) is 0 Å². The largest absolute Gasteiger partial charge is 0.475 e. The maximum absolute atomic E-state index is 12.5. The van der Waals surface area contributed by atoms with Crippen LogP contribution in [-0.4, -0.2) is 17.8 Å². The predicted molar refractivity (Wildman–Crippen MR) is 52.9 cm³/mol. The molecule has 0 aliphatic rings. The minimum atomic E-state index is -0.980. The summed E-state index contributed by atoms with van der Waals surface area (Å²) < 4.78 is 17.6. The van der Waals surface area contributed by atoms with E-state index in [0.29, 0.717) is 12.4 Å². The Kier molecular flexibility index (Phi) is 3.83. The van der Waals surface area contributed by atoms with E-state index in [-0.39, 0.29) is 6.61 Å². The highest BCUT2D eigenvalue weighted by atomic mass is 19.1. The van der Waals surface area contributed by atoms with Crippen molar-refractivity contribution in [2.45, 2.75) is 26.6 Å². The van der Waals surface area contributed by atoms with Gasteiger partial charge in [0.05, 0.1) is 0 Å². The highest BCUT2D eigenvalue weighted by molar-refractivity contribution is 5.24. The molecule has 0 aromatic carbocycles. The quantitative estimate of drug-likeness (QED) is 0.799. The molecule has 0 aliphatic carbocycles. The van der Waals surface area contributed by atoms with Crippen molar-refractivity contribution in [1.29, 1.82) is 0 Å². The van der Waals surface area contributed by atoms with Crippen LogP contribution in [0.25, 0.3) is 0 Å². The Balaban J connectivity index is 2.66. The summed E-state index contributed by atoms with van der Waals surface area (Å²) >= 11 is 0. The first-order chi connectivity index (χ1) is 6.63. The molecule has 1 atom stereocenters. The van der Waals surface area contributed by atoms with Crippen molar-refractivity contribution in [1.82, 2.24) is 4.98 Å². The summed E-state index contributed by atoms with van der Waals surface area (Å²) in [5, 5.41) is 0. The van der Waals surface area contributed by atoms with Gasteiger partial charge in [0.25, 0.3) is 0 Å². The molecule has 0 unspecified atom stereocenters. The summed E-state index contributed by atoms with van der Waals surface area (Å²) in [5.41, 5.74) is 7.29. The number of nitrogens with zero attached hydrogens (tertiary/aromatic N) is 1. The van der Waals surface area contributed by atoms with E-state index >= 15 is 0 Å². The van der Waals surface area contributed by atoms with Gasteiger partial charge in [-0.25, -0.2) is 9.37 Å². The minimum absolute atomic E-state index is 0.0361. The number of aryl methyl sites for hydroxylation is 1. The van der Waals surface area contributed by atoms with E-state index in [1.54, 1.807) is 6.07 Å². The summed E-state index contributed by atoms with van der Waals surface area (Å²) in [6.07, 6.45) is -0.980. The van der Waals surface area contributed by atoms with E-state index in [2.05, 4.69) is 4.98 Å². The van der Waals surface area contributed by atoms with Gasteiger partial charge in [0.15, 0.2) is 0 Å². The third kappa shape index (κ3) is 2.96. The van der Waals surface area contributed by atoms with Gasteiger partial charge < -0.3 is 10.5 Å². The molecule has 1 aromatic rings. The molecule has 4 heteroatoms. The molecule has 14 heavy (non-hydrogen) atoms. The molecule has 0 saturated carbocycles. The van der Waals surface area contributed by atoms with Crippen LogP contribution >= 0.6 is 0 Å². The highest BCUT2D eigenvalue weighted by Gasteiger charge is 2.03. The molecule has 0 radical (unpaired) electrons. The molecule has 0 saturated heterocycles. The maximum atomic E-state index is 12.5. The second-order valence-electron chi connectivity index (χ2n) is 3.19. The summed E-state index contributed by atoms with van der Waals surface area (Å²) in [5.74, 6) is 0.448. The monoisotopic (exact) mass is 198 g/mol. The average molecular weight is 198 g/mol. The summed E-state index contributed by atoms with van der Waals surface area (Å²) in [7, 11) is 0. The van der Waals surface area contributed by atoms with Crippen molar-refractivity contribution < 1.29 is 9.13 Å². The first kappa shape index (κ1) is 10.9. The van der Waals surface area contributed by atoms with Gasteiger partial charge in [-0.05, 0) is 19.4 Å². The third-order valence-electron chi connectivity index (χ3n) is 1.85. The van der Waals surface area contributed by atoms with Crippen molar-refractivity contribution in [3.8, 4) is 5.88 Å². The van der Waals surface area contributed by atoms with E-state index < -0.39 is 6.17 Å². The molecule has 1 heterocycles. The lowest BCUT2D eigenvalue weighted by Gasteiger charge is -2.08. The highest BCUT2D eigenvalue weighted by Crippen LogP contribution is 2.12. The number of nitrogens with two attached hydrogens (primary N) is 1. The van der Waals surface area contributed by atoms with Crippen LogP contribution in [0.15, 0.2) is 12.1 Å². The lowest BCUT2D eigenvalue weighted by molar-refractivity contribution is 0.203. The second kappa shape index (κ2) is 4.91. The summed E-state index contributed by atoms with van der Waals surface area (Å²) in [4.78, 5) is 4.15. The van der Waals surface area contributed by atoms with Crippen molar-refractivity contribution >= 4 is 0 Å². The molecule has 1 aromatic heterocycles. The lowest BCUT2D eigenvalue weighted by Crippen LogP contribution is -2.10. The Labute approximate surface area is 83.1 Å². The maximum Gasteiger partial charge on any atom is 0.213 e. The van der Waals surface area contributed by atoms with Crippen LogP contribution in [0.1, 0.15) is 18.2 Å². The normalized spacial score (nSPS) is 12.6. The van der Waals surface area contributed by atoms with Crippen LogP contribution in [-0.2, 0) is 6.54 Å². The van der Waals surface area contributed by atoms with Gasteiger partial charge in [-0.3, -0.25) is 0 Å². The Bertz CT molecular complexity index is 302. The number of hydrogen-bond acceptors (Lipinski definition) is 3. The van der Waals surface area contributed by atoms with Gasteiger partial charge in [0.2, 0.25) is 5.88 Å². The summed E-state index contributed by atoms with van der Waals surface area (Å²) in [6.45, 7) is 3.79. The smallest absolute Gasteiger partial charge is 0.213 e. The zero-order chi connectivity index (χ0) is 10.6. The van der Waals surface area contributed by atoms with Crippen molar-refractivity contribution in [3.63, 3.8) is 0 Å². The molecule has 1 rings (SSSR count). The van der Waals surface area contributed by atoms with Crippen LogP contribution < -0.4 is 10.5 Å². The number of ether oxygens (including phenoxy) is 1. The molecule has 78 valence electrons. The van der Waals surface area contributed by atoms with Crippen molar-refractivity contribution in [2.24, 2.45) is 5.73 Å². The van der Waals surface area contributed by atoms with E-state index in [9.17, 15) is 4.39 Å². The van der Waals surface area contributed by atoms with Gasteiger partial charge >= 0.3 is 0 Å². The standard InChI is InChI=1S/C10H15FN2O/c1-7(11)6-14-10-4-3-9(5-12)8(2)13-10/h3-4,7H,5-6,12H2,1-2H3/t7-/m1/s1. The zero-order valence-corrected chi connectivity index (χ0v) is 8.46. The molecular weight excluding hydrogens is 183 g/mol. The number of alkyl halides is 1. The lowest BCUT2D eigenvalue weighted by atomic mass is 10.2. The van der Waals surface area contributed by atoms with Crippen molar-refractivity contribution in [3.05, 3.63) is 23.4 Å². The molecule has 0 spiro atoms. The molecule has 0 amide bonds. The first-order valence-corrected chi connectivity index (χ1v) is 4.57. The van der Waals surface area contributed by atoms with Crippen molar-refractivity contribution in [2.75, 3.05) is 6.61 Å². The molecular formula is C10H15FN2O. The first-order valence-electron chi connectivity index (χ1n) is 4.57. The molecule has 0 bridgehead atoms. The van der Waals surface area contributed by atoms with Crippen LogP contribution in [0.5, 0.6) is 5.88 Å². The van der Waals surface area contributed by atoms with Gasteiger partial charge in [0, 0.05) is 18.3 Å². The fourth-order valence-corrected chi connectivity index (χ4v) is 1.06. The van der Waals surface area contributed by atoms with Gasteiger partial charge in [-0.1, -0.05) is 6.07 Å². The number of pyridine rings is 1. The summed E-state index contributed by atoms with van der Waals surface area (Å²) in [6, 6.07) is 3.55. The molecule has 2 N–H and O–H groups in total. The second-order valence-corrected chi connectivity index (χ2v) is 3.19. The Morgan fingerprint density at radius 1 is 1.57 bits per heavy atom. The number of rotatable bonds is 4. The van der Waals surface area contributed by atoms with Crippen LogP contribution in [0.2, 0.25) is 0 Å². The Morgan fingerprint density at radius 2 is 2.29 bits per heavy atom. The number of aromatic nitrogens is 1. The molecule has 0 aliphatic heterocycles.